The second-order valence-corrected chi connectivity index (χ2v) is 7.41. The molecule has 0 aliphatic carbocycles. The van der Waals surface area contributed by atoms with E-state index in [0.717, 1.165) is 26.1 Å². The average Bonchev–Trinajstić information content (AvgIpc) is 2.45. The highest BCUT2D eigenvalue weighted by Gasteiger charge is 2.31. The van der Waals surface area contributed by atoms with Gasteiger partial charge < -0.3 is 15.0 Å². The van der Waals surface area contributed by atoms with E-state index in [1.165, 1.54) is 17.7 Å². The summed E-state index contributed by atoms with van der Waals surface area (Å²) in [6.45, 7) is 11.8. The van der Waals surface area contributed by atoms with E-state index in [2.05, 4.69) is 62.2 Å². The van der Waals surface area contributed by atoms with Crippen molar-refractivity contribution < 1.29 is 4.74 Å². The SMILES string of the molecule is COC1(C)CCCN(c2ccccc2CNC(C)(C)C)C1. The highest BCUT2D eigenvalue weighted by molar-refractivity contribution is 5.54. The molecule has 1 unspecified atom stereocenters. The maximum absolute atomic E-state index is 5.73. The van der Waals surface area contributed by atoms with E-state index in [9.17, 15) is 0 Å². The molecule has 0 bridgehead atoms. The fourth-order valence-corrected chi connectivity index (χ4v) is 2.91. The monoisotopic (exact) mass is 290 g/mol. The molecule has 1 saturated heterocycles. The first-order valence-corrected chi connectivity index (χ1v) is 7.96. The molecule has 3 nitrogen and oxygen atoms in total. The summed E-state index contributed by atoms with van der Waals surface area (Å²) in [5.41, 5.74) is 2.82. The lowest BCUT2D eigenvalue weighted by Crippen LogP contribution is -2.48. The topological polar surface area (TPSA) is 24.5 Å². The van der Waals surface area contributed by atoms with Gasteiger partial charge in [0.25, 0.3) is 0 Å². The first kappa shape index (κ1) is 16.3. The molecule has 0 aromatic heterocycles. The fourth-order valence-electron chi connectivity index (χ4n) is 2.91. The lowest BCUT2D eigenvalue weighted by molar-refractivity contribution is -0.00468. The van der Waals surface area contributed by atoms with Gasteiger partial charge >= 0.3 is 0 Å². The predicted molar refractivity (Wildman–Crippen MR) is 89.9 cm³/mol. The molecule has 1 aliphatic rings. The molecule has 0 saturated carbocycles. The van der Waals surface area contributed by atoms with Crippen molar-refractivity contribution >= 4 is 5.69 Å². The lowest BCUT2D eigenvalue weighted by atomic mass is 9.93. The van der Waals surface area contributed by atoms with Crippen LogP contribution in [0.3, 0.4) is 0 Å². The summed E-state index contributed by atoms with van der Waals surface area (Å²) >= 11 is 0. The third kappa shape index (κ3) is 4.45. The summed E-state index contributed by atoms with van der Waals surface area (Å²) < 4.78 is 5.73. The van der Waals surface area contributed by atoms with Gasteiger partial charge in [-0.3, -0.25) is 0 Å². The van der Waals surface area contributed by atoms with Crippen molar-refractivity contribution in [3.8, 4) is 0 Å². The number of benzene rings is 1. The second kappa shape index (κ2) is 6.37. The van der Waals surface area contributed by atoms with Gasteiger partial charge in [-0.2, -0.15) is 0 Å². The zero-order valence-corrected chi connectivity index (χ0v) is 14.2. The Morgan fingerprint density at radius 1 is 1.29 bits per heavy atom. The highest BCUT2D eigenvalue weighted by Crippen LogP contribution is 2.30. The first-order chi connectivity index (χ1) is 9.83. The standard InChI is InChI=1S/C18H30N2O/c1-17(2,3)19-13-15-9-6-7-10-16(15)20-12-8-11-18(4,14-20)21-5/h6-7,9-10,19H,8,11-14H2,1-5H3. The van der Waals surface area contributed by atoms with Crippen molar-refractivity contribution in [2.24, 2.45) is 0 Å². The number of para-hydroxylation sites is 1. The molecule has 1 aliphatic heterocycles. The quantitative estimate of drug-likeness (QED) is 0.917. The van der Waals surface area contributed by atoms with E-state index < -0.39 is 0 Å². The van der Waals surface area contributed by atoms with Crippen LogP contribution in [0, 0.1) is 0 Å². The van der Waals surface area contributed by atoms with Crippen molar-refractivity contribution in [3.05, 3.63) is 29.8 Å². The molecular formula is C18H30N2O. The summed E-state index contributed by atoms with van der Waals surface area (Å²) in [4.78, 5) is 2.48. The minimum Gasteiger partial charge on any atom is -0.377 e. The minimum absolute atomic E-state index is 0.0250. The molecule has 1 heterocycles. The molecule has 21 heavy (non-hydrogen) atoms. The van der Waals surface area contributed by atoms with Gasteiger partial charge in [0.2, 0.25) is 0 Å². The molecule has 1 N–H and O–H groups in total. The molecule has 1 atom stereocenters. The van der Waals surface area contributed by atoms with Gasteiger partial charge in [-0.25, -0.2) is 0 Å². The van der Waals surface area contributed by atoms with Gasteiger partial charge in [-0.05, 0) is 52.2 Å². The molecule has 118 valence electrons. The van der Waals surface area contributed by atoms with Gasteiger partial charge in [0.05, 0.1) is 5.60 Å². The van der Waals surface area contributed by atoms with Crippen LogP contribution in [0.2, 0.25) is 0 Å². The normalized spacial score (nSPS) is 23.4. The third-order valence-electron chi connectivity index (χ3n) is 4.29. The number of ether oxygens (including phenoxy) is 1. The predicted octanol–water partition coefficient (Wildman–Crippen LogP) is 3.58. The van der Waals surface area contributed by atoms with E-state index in [1.807, 2.05) is 7.11 Å². The van der Waals surface area contributed by atoms with Gasteiger partial charge in [-0.15, -0.1) is 0 Å². The Morgan fingerprint density at radius 3 is 2.67 bits per heavy atom. The summed E-state index contributed by atoms with van der Waals surface area (Å²) in [5.74, 6) is 0. The average molecular weight is 290 g/mol. The van der Waals surface area contributed by atoms with Gasteiger partial charge in [-0.1, -0.05) is 18.2 Å². The van der Waals surface area contributed by atoms with Crippen molar-refractivity contribution in [1.82, 2.24) is 5.32 Å². The molecule has 1 aromatic rings. The summed E-state index contributed by atoms with van der Waals surface area (Å²) in [5, 5.41) is 3.59. The van der Waals surface area contributed by atoms with Crippen LogP contribution in [0.25, 0.3) is 0 Å². The Labute approximate surface area is 129 Å². The Bertz CT molecular complexity index is 467. The van der Waals surface area contributed by atoms with E-state index in [1.54, 1.807) is 0 Å². The number of methoxy groups -OCH3 is 1. The van der Waals surface area contributed by atoms with Crippen molar-refractivity contribution in [2.45, 2.75) is 58.2 Å². The van der Waals surface area contributed by atoms with Crippen LogP contribution in [0.15, 0.2) is 24.3 Å². The molecule has 0 spiro atoms. The van der Waals surface area contributed by atoms with Gasteiger partial charge in [0.1, 0.15) is 0 Å². The number of hydrogen-bond donors (Lipinski definition) is 1. The Hall–Kier alpha value is -1.06. The van der Waals surface area contributed by atoms with Crippen LogP contribution in [0.5, 0.6) is 0 Å². The van der Waals surface area contributed by atoms with Crippen LogP contribution < -0.4 is 10.2 Å². The van der Waals surface area contributed by atoms with Crippen LogP contribution in [0.4, 0.5) is 5.69 Å². The molecule has 1 aromatic carbocycles. The van der Waals surface area contributed by atoms with Crippen LogP contribution >= 0.6 is 0 Å². The summed E-state index contributed by atoms with van der Waals surface area (Å²) in [7, 11) is 1.83. The second-order valence-electron chi connectivity index (χ2n) is 7.41. The largest absolute Gasteiger partial charge is 0.377 e. The molecule has 0 radical (unpaired) electrons. The van der Waals surface area contributed by atoms with E-state index in [4.69, 9.17) is 4.74 Å². The van der Waals surface area contributed by atoms with Crippen molar-refractivity contribution in [1.29, 1.82) is 0 Å². The molecule has 2 rings (SSSR count). The van der Waals surface area contributed by atoms with E-state index >= 15 is 0 Å². The highest BCUT2D eigenvalue weighted by atomic mass is 16.5. The maximum atomic E-state index is 5.73. The molecule has 0 amide bonds. The number of hydrogen-bond acceptors (Lipinski definition) is 3. The molecule has 3 heteroatoms. The van der Waals surface area contributed by atoms with Crippen molar-refractivity contribution in [2.75, 3.05) is 25.1 Å². The smallest absolute Gasteiger partial charge is 0.0825 e. The number of nitrogens with zero attached hydrogens (tertiary/aromatic N) is 1. The molecular weight excluding hydrogens is 260 g/mol. The third-order valence-corrected chi connectivity index (χ3v) is 4.29. The summed E-state index contributed by atoms with van der Waals surface area (Å²) in [6, 6.07) is 8.73. The Morgan fingerprint density at radius 2 is 2.00 bits per heavy atom. The number of rotatable bonds is 4. The van der Waals surface area contributed by atoms with Gasteiger partial charge in [0.15, 0.2) is 0 Å². The lowest BCUT2D eigenvalue weighted by Gasteiger charge is -2.41. The van der Waals surface area contributed by atoms with Crippen molar-refractivity contribution in [3.63, 3.8) is 0 Å². The fraction of sp³-hybridized carbons (Fsp3) is 0.667. The Balaban J connectivity index is 2.15. The number of piperidine rings is 1. The Kier molecular flexibility index (Phi) is 4.95. The van der Waals surface area contributed by atoms with Crippen LogP contribution in [-0.2, 0) is 11.3 Å². The minimum atomic E-state index is -0.0250. The summed E-state index contributed by atoms with van der Waals surface area (Å²) in [6.07, 6.45) is 2.33. The zero-order valence-electron chi connectivity index (χ0n) is 14.2. The number of nitrogens with one attached hydrogen (secondary N) is 1. The van der Waals surface area contributed by atoms with Crippen LogP contribution in [-0.4, -0.2) is 31.3 Å². The number of anilines is 1. The maximum Gasteiger partial charge on any atom is 0.0825 e. The van der Waals surface area contributed by atoms with Crippen LogP contribution in [0.1, 0.15) is 46.1 Å². The van der Waals surface area contributed by atoms with E-state index in [0.29, 0.717) is 0 Å². The zero-order chi connectivity index (χ0) is 15.5. The van der Waals surface area contributed by atoms with E-state index in [-0.39, 0.29) is 11.1 Å². The van der Waals surface area contributed by atoms with Gasteiger partial charge in [0, 0.05) is 38.0 Å². The first-order valence-electron chi connectivity index (χ1n) is 7.96. The molecule has 1 fully saturated rings.